The Morgan fingerprint density at radius 2 is 1.75 bits per heavy atom. The Bertz CT molecular complexity index is 557. The Labute approximate surface area is 152 Å². The molecule has 1 N–H and O–H groups in total. The largest absolute Gasteiger partial charge is 0.337 e. The third kappa shape index (κ3) is 7.17. The smallest absolute Gasteiger partial charge is 0.233 e. The van der Waals surface area contributed by atoms with Gasteiger partial charge < -0.3 is 10.2 Å². The first-order chi connectivity index (χ1) is 11.0. The fourth-order valence-corrected chi connectivity index (χ4v) is 3.97. The average molecular weight is 373 g/mol. The van der Waals surface area contributed by atoms with E-state index in [1.807, 2.05) is 53.4 Å². The van der Waals surface area contributed by atoms with E-state index in [1.165, 1.54) is 23.1 Å². The number of nitrogens with one attached hydrogen (secondary N) is 1. The molecule has 0 fully saturated rings. The minimum Gasteiger partial charge on any atom is -0.337 e. The summed E-state index contributed by atoms with van der Waals surface area (Å²) in [6, 6.07) is 0.333. The van der Waals surface area contributed by atoms with Crippen molar-refractivity contribution in [2.24, 2.45) is 5.41 Å². The van der Waals surface area contributed by atoms with Crippen molar-refractivity contribution < 1.29 is 9.59 Å². The van der Waals surface area contributed by atoms with Crippen molar-refractivity contribution in [2.75, 3.05) is 11.1 Å². The van der Waals surface area contributed by atoms with Crippen LogP contribution in [0.1, 0.15) is 54.9 Å². The second kappa shape index (κ2) is 8.80. The van der Waals surface area contributed by atoms with Gasteiger partial charge >= 0.3 is 0 Å². The summed E-state index contributed by atoms with van der Waals surface area (Å²) in [5.41, 5.74) is -0.0735. The Hall–Kier alpha value is -1.15. The van der Waals surface area contributed by atoms with Crippen molar-refractivity contribution >= 4 is 40.0 Å². The van der Waals surface area contributed by atoms with Crippen LogP contribution in [-0.4, -0.2) is 44.7 Å². The summed E-state index contributed by atoms with van der Waals surface area (Å²) in [5.74, 6) is 0.330. The molecule has 2 amide bonds. The summed E-state index contributed by atoms with van der Waals surface area (Å²) in [6.45, 7) is 14.1. The van der Waals surface area contributed by atoms with Crippen LogP contribution in [0.5, 0.6) is 0 Å². The van der Waals surface area contributed by atoms with Crippen molar-refractivity contribution in [2.45, 2.75) is 71.3 Å². The molecular weight excluding hydrogens is 344 g/mol. The van der Waals surface area contributed by atoms with Crippen LogP contribution in [0.25, 0.3) is 0 Å². The number of anilines is 1. The molecule has 1 aromatic rings. The highest BCUT2D eigenvalue weighted by molar-refractivity contribution is 8.01. The summed E-state index contributed by atoms with van der Waals surface area (Å²) in [7, 11) is 0. The van der Waals surface area contributed by atoms with E-state index in [1.54, 1.807) is 0 Å². The maximum atomic E-state index is 12.3. The number of nitrogens with zero attached hydrogens (tertiary/aromatic N) is 3. The van der Waals surface area contributed by atoms with Crippen LogP contribution >= 0.6 is 23.1 Å². The lowest BCUT2D eigenvalue weighted by Crippen LogP contribution is -2.43. The van der Waals surface area contributed by atoms with Crippen LogP contribution in [0.15, 0.2) is 4.34 Å². The third-order valence-corrected chi connectivity index (χ3v) is 5.02. The SMILES string of the molecule is CC(C)N(C(=O)CSc1nnc(NC(=O)CC(C)(C)C)s1)C(C)C. The molecule has 0 saturated carbocycles. The Kier molecular flexibility index (Phi) is 7.66. The number of hydrogen-bond acceptors (Lipinski definition) is 6. The van der Waals surface area contributed by atoms with E-state index >= 15 is 0 Å². The molecule has 0 bridgehead atoms. The van der Waals surface area contributed by atoms with Gasteiger partial charge in [-0.1, -0.05) is 43.9 Å². The zero-order chi connectivity index (χ0) is 18.5. The van der Waals surface area contributed by atoms with Crippen LogP contribution in [0.2, 0.25) is 0 Å². The second-order valence-corrected chi connectivity index (χ2v) is 9.64. The van der Waals surface area contributed by atoms with E-state index in [9.17, 15) is 9.59 Å². The highest BCUT2D eigenvalue weighted by Gasteiger charge is 2.21. The second-order valence-electron chi connectivity index (χ2n) is 7.44. The van der Waals surface area contributed by atoms with Gasteiger partial charge in [0.05, 0.1) is 5.75 Å². The summed E-state index contributed by atoms with van der Waals surface area (Å²) in [5, 5.41) is 11.2. The van der Waals surface area contributed by atoms with Gasteiger partial charge in [-0.25, -0.2) is 0 Å². The molecule has 0 atom stereocenters. The van der Waals surface area contributed by atoms with Crippen LogP contribution in [0.3, 0.4) is 0 Å². The van der Waals surface area contributed by atoms with Gasteiger partial charge in [-0.05, 0) is 33.1 Å². The topological polar surface area (TPSA) is 75.2 Å². The fourth-order valence-electron chi connectivity index (χ4n) is 2.33. The van der Waals surface area contributed by atoms with E-state index < -0.39 is 0 Å². The fraction of sp³-hybridized carbons (Fsp3) is 0.750. The van der Waals surface area contributed by atoms with Gasteiger partial charge in [0.2, 0.25) is 16.9 Å². The minimum atomic E-state index is -0.0735. The maximum absolute atomic E-state index is 12.3. The summed E-state index contributed by atoms with van der Waals surface area (Å²) >= 11 is 2.65. The molecular formula is C16H28N4O2S2. The molecule has 0 aromatic carbocycles. The van der Waals surface area contributed by atoms with Gasteiger partial charge in [0.25, 0.3) is 0 Å². The molecule has 0 spiro atoms. The van der Waals surface area contributed by atoms with Crippen LogP contribution in [0, 0.1) is 5.41 Å². The van der Waals surface area contributed by atoms with Crippen LogP contribution in [-0.2, 0) is 9.59 Å². The molecule has 136 valence electrons. The zero-order valence-electron chi connectivity index (χ0n) is 15.5. The molecule has 0 radical (unpaired) electrons. The van der Waals surface area contributed by atoms with E-state index in [0.717, 1.165) is 0 Å². The Morgan fingerprint density at radius 3 is 2.25 bits per heavy atom. The molecule has 0 aliphatic carbocycles. The van der Waals surface area contributed by atoms with Gasteiger partial charge in [-0.2, -0.15) is 0 Å². The predicted octanol–water partition coefficient (Wildman–Crippen LogP) is 3.65. The number of carbonyl (C=O) groups is 2. The van der Waals surface area contributed by atoms with Crippen molar-refractivity contribution in [1.29, 1.82) is 0 Å². The van der Waals surface area contributed by atoms with Crippen LogP contribution in [0.4, 0.5) is 5.13 Å². The number of thioether (sulfide) groups is 1. The van der Waals surface area contributed by atoms with Crippen molar-refractivity contribution in [1.82, 2.24) is 15.1 Å². The molecule has 0 aliphatic rings. The van der Waals surface area contributed by atoms with Crippen molar-refractivity contribution in [3.8, 4) is 0 Å². The Morgan fingerprint density at radius 1 is 1.17 bits per heavy atom. The van der Waals surface area contributed by atoms with Crippen molar-refractivity contribution in [3.63, 3.8) is 0 Å². The average Bonchev–Trinajstić information content (AvgIpc) is 2.80. The van der Waals surface area contributed by atoms with Crippen LogP contribution < -0.4 is 5.32 Å². The summed E-state index contributed by atoms with van der Waals surface area (Å²) in [6.07, 6.45) is 0.422. The molecule has 1 rings (SSSR count). The lowest BCUT2D eigenvalue weighted by atomic mass is 9.92. The van der Waals surface area contributed by atoms with E-state index in [-0.39, 0.29) is 29.3 Å². The lowest BCUT2D eigenvalue weighted by molar-refractivity contribution is -0.131. The van der Waals surface area contributed by atoms with E-state index in [0.29, 0.717) is 21.6 Å². The molecule has 0 saturated heterocycles. The highest BCUT2D eigenvalue weighted by atomic mass is 32.2. The van der Waals surface area contributed by atoms with E-state index in [4.69, 9.17) is 0 Å². The monoisotopic (exact) mass is 372 g/mol. The number of aromatic nitrogens is 2. The number of rotatable bonds is 7. The summed E-state index contributed by atoms with van der Waals surface area (Å²) < 4.78 is 0.682. The summed E-state index contributed by atoms with van der Waals surface area (Å²) in [4.78, 5) is 26.1. The molecule has 1 aromatic heterocycles. The molecule has 8 heteroatoms. The van der Waals surface area contributed by atoms with Gasteiger partial charge in [-0.3, -0.25) is 9.59 Å². The number of carbonyl (C=O) groups excluding carboxylic acids is 2. The van der Waals surface area contributed by atoms with Crippen molar-refractivity contribution in [3.05, 3.63) is 0 Å². The standard InChI is InChI=1S/C16H28N4O2S2/c1-10(2)20(11(3)4)13(22)9-23-15-19-18-14(24-15)17-12(21)8-16(5,6)7/h10-11H,8-9H2,1-7H3,(H,17,18,21). The minimum absolute atomic E-state index is 0.0722. The first-order valence-corrected chi connectivity index (χ1v) is 9.87. The third-order valence-electron chi connectivity index (χ3n) is 3.06. The quantitative estimate of drug-likeness (QED) is 0.584. The normalized spacial score (nSPS) is 11.9. The van der Waals surface area contributed by atoms with Gasteiger partial charge in [0.15, 0.2) is 4.34 Å². The Balaban J connectivity index is 2.55. The van der Waals surface area contributed by atoms with E-state index in [2.05, 4.69) is 15.5 Å². The first-order valence-electron chi connectivity index (χ1n) is 8.07. The molecule has 24 heavy (non-hydrogen) atoms. The van der Waals surface area contributed by atoms with Gasteiger partial charge in [-0.15, -0.1) is 10.2 Å². The van der Waals surface area contributed by atoms with Gasteiger partial charge in [0.1, 0.15) is 0 Å². The lowest BCUT2D eigenvalue weighted by Gasteiger charge is -2.30. The number of hydrogen-bond donors (Lipinski definition) is 1. The molecule has 6 nitrogen and oxygen atoms in total. The molecule has 1 heterocycles. The maximum Gasteiger partial charge on any atom is 0.233 e. The number of amides is 2. The highest BCUT2D eigenvalue weighted by Crippen LogP contribution is 2.27. The molecule has 0 unspecified atom stereocenters. The first kappa shape index (κ1) is 20.9. The van der Waals surface area contributed by atoms with Gasteiger partial charge in [0, 0.05) is 18.5 Å². The molecule has 0 aliphatic heterocycles. The predicted molar refractivity (Wildman–Crippen MR) is 100 cm³/mol. The zero-order valence-corrected chi connectivity index (χ0v) is 17.2.